The summed E-state index contributed by atoms with van der Waals surface area (Å²) in [4.78, 5) is 13.0. The van der Waals surface area contributed by atoms with Crippen LogP contribution in [0.15, 0.2) is 6.07 Å². The normalized spacial score (nSPS) is 10.7. The summed E-state index contributed by atoms with van der Waals surface area (Å²) in [6.45, 7) is 0. The number of hydrogen-bond donors (Lipinski definition) is 0. The van der Waals surface area contributed by atoms with Crippen molar-refractivity contribution in [2.75, 3.05) is 0 Å². The third kappa shape index (κ3) is 2.71. The second-order valence-corrected chi connectivity index (χ2v) is 3.95. The molecule has 1 rings (SSSR count). The minimum atomic E-state index is -2.83. The largest absolute Gasteiger partial charge is 0.369 e. The van der Waals surface area contributed by atoms with E-state index in [2.05, 4.69) is 4.98 Å². The van der Waals surface area contributed by atoms with Gasteiger partial charge >= 0.3 is 12.2 Å². The average molecular weight is 348 g/mol. The van der Waals surface area contributed by atoms with E-state index in [9.17, 15) is 18.9 Å². The third-order valence-corrected chi connectivity index (χ3v) is 2.83. The summed E-state index contributed by atoms with van der Waals surface area (Å²) >= 11 is 7.19. The second-order valence-electron chi connectivity index (χ2n) is 2.52. The molecule has 0 N–H and O–H groups in total. The van der Waals surface area contributed by atoms with E-state index in [1.54, 1.807) is 22.6 Å². The van der Waals surface area contributed by atoms with E-state index in [4.69, 9.17) is 11.6 Å². The Bertz CT molecular complexity index is 403. The zero-order chi connectivity index (χ0) is 11.6. The molecule has 15 heavy (non-hydrogen) atoms. The summed E-state index contributed by atoms with van der Waals surface area (Å²) in [6.07, 6.45) is -2.83. The van der Waals surface area contributed by atoms with Crippen molar-refractivity contribution < 1.29 is 13.7 Å². The molecule has 0 fully saturated rings. The maximum Gasteiger partial charge on any atom is 0.369 e. The van der Waals surface area contributed by atoms with Gasteiger partial charge in [0.2, 0.25) is 5.69 Å². The van der Waals surface area contributed by atoms with Crippen LogP contribution < -0.4 is 0 Å². The Kier molecular flexibility index (Phi) is 4.14. The Morgan fingerprint density at radius 1 is 1.67 bits per heavy atom. The fraction of sp³-hybridized carbons (Fsp3) is 0.286. The number of aromatic nitrogens is 1. The van der Waals surface area contributed by atoms with E-state index in [1.165, 1.54) is 0 Å². The highest BCUT2D eigenvalue weighted by Gasteiger charge is 2.24. The van der Waals surface area contributed by atoms with Gasteiger partial charge in [-0.3, -0.25) is 0 Å². The Morgan fingerprint density at radius 3 is 2.67 bits per heavy atom. The summed E-state index contributed by atoms with van der Waals surface area (Å²) in [7, 11) is 0. The third-order valence-electron chi connectivity index (χ3n) is 1.60. The number of nitro groups is 1. The van der Waals surface area contributed by atoms with Gasteiger partial charge in [-0.1, -0.05) is 0 Å². The van der Waals surface area contributed by atoms with Gasteiger partial charge in [-0.05, 0) is 32.5 Å². The number of hydrogen-bond acceptors (Lipinski definition) is 3. The van der Waals surface area contributed by atoms with Crippen LogP contribution in [0.5, 0.6) is 0 Å². The van der Waals surface area contributed by atoms with Crippen LogP contribution in [0.3, 0.4) is 0 Å². The highest BCUT2D eigenvalue weighted by atomic mass is 127. The minimum absolute atomic E-state index is 0.134. The highest BCUT2D eigenvalue weighted by molar-refractivity contribution is 14.1. The second kappa shape index (κ2) is 4.97. The molecule has 1 heterocycles. The van der Waals surface area contributed by atoms with Gasteiger partial charge in [-0.15, -0.1) is 11.6 Å². The number of halogens is 4. The summed E-state index contributed by atoms with van der Waals surface area (Å²) in [5.74, 6) is -0.738. The van der Waals surface area contributed by atoms with E-state index >= 15 is 0 Å². The van der Waals surface area contributed by atoms with Gasteiger partial charge in [0.1, 0.15) is 0 Å². The Morgan fingerprint density at radius 2 is 2.27 bits per heavy atom. The first-order chi connectivity index (χ1) is 6.97. The molecule has 0 amide bonds. The summed E-state index contributed by atoms with van der Waals surface area (Å²) < 4.78 is 24.9. The molecule has 0 spiro atoms. The van der Waals surface area contributed by atoms with Crippen LogP contribution in [0.4, 0.5) is 14.6 Å². The Labute approximate surface area is 102 Å². The van der Waals surface area contributed by atoms with Crippen molar-refractivity contribution in [1.82, 2.24) is 4.98 Å². The van der Waals surface area contributed by atoms with E-state index in [0.29, 0.717) is 3.57 Å². The van der Waals surface area contributed by atoms with Crippen molar-refractivity contribution >= 4 is 40.0 Å². The molecule has 0 atom stereocenters. The first-order valence-corrected chi connectivity index (χ1v) is 5.26. The number of pyridine rings is 1. The lowest BCUT2D eigenvalue weighted by Crippen LogP contribution is -2.03. The van der Waals surface area contributed by atoms with Crippen molar-refractivity contribution in [1.29, 1.82) is 0 Å². The lowest BCUT2D eigenvalue weighted by atomic mass is 10.2. The van der Waals surface area contributed by atoms with Crippen molar-refractivity contribution in [3.05, 3.63) is 31.0 Å². The van der Waals surface area contributed by atoms with Crippen LogP contribution >= 0.6 is 34.2 Å². The van der Waals surface area contributed by atoms with E-state index in [0.717, 1.165) is 6.07 Å². The summed E-state index contributed by atoms with van der Waals surface area (Å²) in [6, 6.07) is 1.09. The Balaban J connectivity index is 3.38. The Hall–Kier alpha value is -0.570. The molecule has 0 bridgehead atoms. The average Bonchev–Trinajstić information content (AvgIpc) is 2.16. The van der Waals surface area contributed by atoms with Crippen LogP contribution in [0.1, 0.15) is 17.7 Å². The molecule has 0 aliphatic heterocycles. The van der Waals surface area contributed by atoms with Gasteiger partial charge < -0.3 is 10.1 Å². The molecule has 0 radical (unpaired) electrons. The number of nitrogens with zero attached hydrogens (tertiary/aromatic N) is 2. The summed E-state index contributed by atoms with van der Waals surface area (Å²) in [5, 5.41) is 10.5. The van der Waals surface area contributed by atoms with Crippen molar-refractivity contribution in [3.8, 4) is 0 Å². The molecular formula is C7H4ClF2IN2O2. The molecule has 0 saturated heterocycles. The zero-order valence-electron chi connectivity index (χ0n) is 7.08. The lowest BCUT2D eigenvalue weighted by Gasteiger charge is -2.03. The lowest BCUT2D eigenvalue weighted by molar-refractivity contribution is -0.390. The maximum absolute atomic E-state index is 12.3. The SMILES string of the molecule is O=[N+]([O-])c1nc(C(F)F)cc(I)c1CCl. The number of alkyl halides is 3. The predicted molar refractivity (Wildman–Crippen MR) is 58.1 cm³/mol. The predicted octanol–water partition coefficient (Wildman–Crippen LogP) is 3.27. The smallest absolute Gasteiger partial charge is 0.358 e. The maximum atomic E-state index is 12.3. The van der Waals surface area contributed by atoms with Crippen molar-refractivity contribution in [3.63, 3.8) is 0 Å². The quantitative estimate of drug-likeness (QED) is 0.365. The van der Waals surface area contributed by atoms with Gasteiger partial charge in [0.25, 0.3) is 0 Å². The topological polar surface area (TPSA) is 56.0 Å². The molecule has 0 aliphatic rings. The van der Waals surface area contributed by atoms with Crippen LogP contribution in [0.25, 0.3) is 0 Å². The van der Waals surface area contributed by atoms with Crippen molar-refractivity contribution in [2.24, 2.45) is 0 Å². The van der Waals surface area contributed by atoms with Crippen LogP contribution in [-0.4, -0.2) is 9.91 Å². The molecular weight excluding hydrogens is 344 g/mol. The molecule has 0 unspecified atom stereocenters. The monoisotopic (exact) mass is 348 g/mol. The van der Waals surface area contributed by atoms with E-state index in [1.807, 2.05) is 0 Å². The fourth-order valence-corrected chi connectivity index (χ4v) is 2.17. The molecule has 0 aliphatic carbocycles. The summed E-state index contributed by atoms with van der Waals surface area (Å²) in [5.41, 5.74) is -0.452. The first kappa shape index (κ1) is 12.5. The molecule has 1 aromatic rings. The van der Waals surface area contributed by atoms with E-state index in [-0.39, 0.29) is 11.4 Å². The van der Waals surface area contributed by atoms with Gasteiger partial charge in [0, 0.05) is 9.64 Å². The van der Waals surface area contributed by atoms with Gasteiger partial charge in [-0.2, -0.15) is 0 Å². The van der Waals surface area contributed by atoms with Gasteiger partial charge in [-0.25, -0.2) is 8.78 Å². The van der Waals surface area contributed by atoms with Crippen LogP contribution in [0, 0.1) is 13.7 Å². The molecule has 0 aromatic carbocycles. The van der Waals surface area contributed by atoms with Gasteiger partial charge in [0.15, 0.2) is 0 Å². The first-order valence-electron chi connectivity index (χ1n) is 3.65. The molecule has 4 nitrogen and oxygen atoms in total. The molecule has 82 valence electrons. The zero-order valence-corrected chi connectivity index (χ0v) is 10.00. The minimum Gasteiger partial charge on any atom is -0.358 e. The van der Waals surface area contributed by atoms with Crippen molar-refractivity contribution in [2.45, 2.75) is 12.3 Å². The van der Waals surface area contributed by atoms with Gasteiger partial charge in [0.05, 0.1) is 11.4 Å². The van der Waals surface area contributed by atoms with Crippen LogP contribution in [-0.2, 0) is 5.88 Å². The fourth-order valence-electron chi connectivity index (χ4n) is 0.932. The van der Waals surface area contributed by atoms with Crippen LogP contribution in [0.2, 0.25) is 0 Å². The highest BCUT2D eigenvalue weighted by Crippen LogP contribution is 2.28. The van der Waals surface area contributed by atoms with E-state index < -0.39 is 22.9 Å². The number of rotatable bonds is 3. The molecule has 1 aromatic heterocycles. The molecule has 8 heteroatoms. The standard InChI is InChI=1S/C7H4ClF2IN2O2/c8-2-3-4(11)1-5(6(9)10)12-7(3)13(14)15/h1,6H,2H2. The molecule has 0 saturated carbocycles.